The van der Waals surface area contributed by atoms with Crippen molar-refractivity contribution < 1.29 is 19.0 Å². The van der Waals surface area contributed by atoms with Gasteiger partial charge in [0, 0.05) is 11.8 Å². The molecule has 0 aliphatic rings. The number of aromatic amines is 1. The molecule has 7 nitrogen and oxygen atoms in total. The van der Waals surface area contributed by atoms with E-state index < -0.39 is 0 Å². The van der Waals surface area contributed by atoms with Crippen LogP contribution in [-0.4, -0.2) is 36.7 Å². The smallest absolute Gasteiger partial charge is 0.330 e. The van der Waals surface area contributed by atoms with Crippen molar-refractivity contribution in [2.45, 2.75) is 0 Å². The Bertz CT molecular complexity index is 1340. The van der Waals surface area contributed by atoms with E-state index in [1.54, 1.807) is 60.0 Å². The number of benzene rings is 2. The third-order valence-electron chi connectivity index (χ3n) is 5.03. The summed E-state index contributed by atoms with van der Waals surface area (Å²) >= 11 is 1.54. The highest BCUT2D eigenvalue weighted by atomic mass is 32.1. The summed E-state index contributed by atoms with van der Waals surface area (Å²) in [5, 5.41) is 1.95. The number of thiophene rings is 1. The van der Waals surface area contributed by atoms with Gasteiger partial charge in [0.1, 0.15) is 0 Å². The van der Waals surface area contributed by atoms with Crippen molar-refractivity contribution in [3.05, 3.63) is 87.8 Å². The fourth-order valence-corrected chi connectivity index (χ4v) is 4.11. The molecule has 1 N–H and O–H groups in total. The number of ketones is 1. The Morgan fingerprint density at radius 3 is 2.39 bits per heavy atom. The lowest BCUT2D eigenvalue weighted by atomic mass is 10.1. The highest BCUT2D eigenvalue weighted by molar-refractivity contribution is 7.13. The van der Waals surface area contributed by atoms with Gasteiger partial charge >= 0.3 is 5.69 Å². The third kappa shape index (κ3) is 4.61. The first kappa shape index (κ1) is 22.2. The van der Waals surface area contributed by atoms with Crippen molar-refractivity contribution in [3.8, 4) is 33.5 Å². The van der Waals surface area contributed by atoms with Crippen LogP contribution in [0.4, 0.5) is 0 Å². The molecule has 2 heterocycles. The number of carbonyl (C=O) groups excluding carboxylic acids is 1. The molecule has 168 valence electrons. The van der Waals surface area contributed by atoms with Gasteiger partial charge < -0.3 is 19.2 Å². The van der Waals surface area contributed by atoms with Gasteiger partial charge in [-0.15, -0.1) is 11.3 Å². The summed E-state index contributed by atoms with van der Waals surface area (Å²) in [5.41, 5.74) is 2.24. The minimum absolute atomic E-state index is 0.201. The summed E-state index contributed by atoms with van der Waals surface area (Å²) in [5.74, 6) is 1.28. The van der Waals surface area contributed by atoms with E-state index in [0.717, 1.165) is 16.1 Å². The van der Waals surface area contributed by atoms with Crippen LogP contribution >= 0.6 is 11.3 Å². The maximum atomic E-state index is 12.8. The third-order valence-corrected chi connectivity index (χ3v) is 5.93. The Morgan fingerprint density at radius 1 is 1.00 bits per heavy atom. The summed E-state index contributed by atoms with van der Waals surface area (Å²) in [7, 11) is 4.61. The minimum atomic E-state index is -0.268. The van der Waals surface area contributed by atoms with Crippen LogP contribution < -0.4 is 19.9 Å². The molecule has 2 aromatic carbocycles. The summed E-state index contributed by atoms with van der Waals surface area (Å²) < 4.78 is 17.5. The first-order valence-corrected chi connectivity index (χ1v) is 10.9. The number of carbonyl (C=O) groups is 1. The zero-order valence-electron chi connectivity index (χ0n) is 18.3. The van der Waals surface area contributed by atoms with E-state index in [1.807, 2.05) is 17.5 Å². The SMILES string of the molecule is COc1cc(C=CC(=O)c2cccc(-n3cc(-c4cccs4)[nH]c3=O)c2)cc(OC)c1OC. The Labute approximate surface area is 194 Å². The standard InChI is InChI=1S/C25H22N2O5S/c1-30-21-12-16(13-22(31-2)24(21)32-3)9-10-20(28)17-6-4-7-18(14-17)27-15-19(26-25(27)29)23-8-5-11-33-23/h4-15H,1-3H3,(H,26,29). The number of H-pyrrole nitrogens is 1. The number of hydrogen-bond donors (Lipinski definition) is 1. The lowest BCUT2D eigenvalue weighted by molar-refractivity contribution is 0.104. The fourth-order valence-electron chi connectivity index (χ4n) is 3.42. The second-order valence-electron chi connectivity index (χ2n) is 7.03. The lowest BCUT2D eigenvalue weighted by Crippen LogP contribution is -2.14. The second kappa shape index (κ2) is 9.62. The molecule has 4 aromatic rings. The predicted molar refractivity (Wildman–Crippen MR) is 129 cm³/mol. The summed E-state index contributed by atoms with van der Waals surface area (Å²) in [6.45, 7) is 0. The average molecular weight is 463 g/mol. The highest BCUT2D eigenvalue weighted by Crippen LogP contribution is 2.38. The zero-order valence-corrected chi connectivity index (χ0v) is 19.1. The van der Waals surface area contributed by atoms with Crippen molar-refractivity contribution in [2.75, 3.05) is 21.3 Å². The monoisotopic (exact) mass is 462 g/mol. The topological polar surface area (TPSA) is 82.6 Å². The van der Waals surface area contributed by atoms with Gasteiger partial charge in [0.05, 0.1) is 37.6 Å². The molecule has 0 bridgehead atoms. The van der Waals surface area contributed by atoms with Crippen LogP contribution in [0.1, 0.15) is 15.9 Å². The van der Waals surface area contributed by atoms with Crippen LogP contribution in [-0.2, 0) is 0 Å². The van der Waals surface area contributed by atoms with Gasteiger partial charge in [-0.05, 0) is 47.4 Å². The van der Waals surface area contributed by atoms with E-state index in [2.05, 4.69) is 4.98 Å². The Kier molecular flexibility index (Phi) is 6.46. The van der Waals surface area contributed by atoms with Crippen LogP contribution in [0.15, 0.2) is 71.0 Å². The second-order valence-corrected chi connectivity index (χ2v) is 7.97. The molecule has 2 aromatic heterocycles. The maximum Gasteiger partial charge on any atom is 0.330 e. The zero-order chi connectivity index (χ0) is 23.4. The van der Waals surface area contributed by atoms with Gasteiger partial charge in [-0.1, -0.05) is 24.3 Å². The van der Waals surface area contributed by atoms with E-state index in [9.17, 15) is 9.59 Å². The van der Waals surface area contributed by atoms with Crippen molar-refractivity contribution in [2.24, 2.45) is 0 Å². The van der Waals surface area contributed by atoms with Crippen LogP contribution in [0.2, 0.25) is 0 Å². The normalized spacial score (nSPS) is 11.0. The van der Waals surface area contributed by atoms with E-state index >= 15 is 0 Å². The molecule has 0 unspecified atom stereocenters. The number of ether oxygens (including phenoxy) is 3. The largest absolute Gasteiger partial charge is 0.493 e. The molecule has 33 heavy (non-hydrogen) atoms. The van der Waals surface area contributed by atoms with Crippen LogP contribution in [0.3, 0.4) is 0 Å². The Hall–Kier alpha value is -4.04. The molecule has 0 amide bonds. The number of hydrogen-bond acceptors (Lipinski definition) is 6. The number of nitrogens with zero attached hydrogens (tertiary/aromatic N) is 1. The Morgan fingerprint density at radius 2 is 1.76 bits per heavy atom. The van der Waals surface area contributed by atoms with Gasteiger partial charge in [0.25, 0.3) is 0 Å². The van der Waals surface area contributed by atoms with E-state index in [0.29, 0.717) is 28.5 Å². The van der Waals surface area contributed by atoms with Gasteiger partial charge in [-0.2, -0.15) is 0 Å². The fraction of sp³-hybridized carbons (Fsp3) is 0.120. The molecule has 8 heteroatoms. The number of nitrogens with one attached hydrogen (secondary N) is 1. The van der Waals surface area contributed by atoms with Gasteiger partial charge in [-0.25, -0.2) is 4.79 Å². The molecule has 0 saturated carbocycles. The number of aromatic nitrogens is 2. The van der Waals surface area contributed by atoms with Crippen molar-refractivity contribution in [1.29, 1.82) is 0 Å². The lowest BCUT2D eigenvalue weighted by Gasteiger charge is -2.12. The summed E-state index contributed by atoms with van der Waals surface area (Å²) in [6, 6.07) is 14.3. The van der Waals surface area contributed by atoms with Crippen LogP contribution in [0, 0.1) is 0 Å². The van der Waals surface area contributed by atoms with E-state index in [1.165, 1.54) is 32.0 Å². The molecule has 0 aliphatic heterocycles. The molecule has 0 radical (unpaired) electrons. The quantitative estimate of drug-likeness (QED) is 0.300. The molecule has 0 spiro atoms. The van der Waals surface area contributed by atoms with Crippen molar-refractivity contribution in [3.63, 3.8) is 0 Å². The molecule has 0 saturated heterocycles. The van der Waals surface area contributed by atoms with Gasteiger partial charge in [0.15, 0.2) is 17.3 Å². The highest BCUT2D eigenvalue weighted by Gasteiger charge is 2.13. The van der Waals surface area contributed by atoms with Gasteiger partial charge in [0.2, 0.25) is 5.75 Å². The summed E-state index contributed by atoms with van der Waals surface area (Å²) in [4.78, 5) is 29.1. The van der Waals surface area contributed by atoms with Gasteiger partial charge in [-0.3, -0.25) is 9.36 Å². The number of rotatable bonds is 8. The molecule has 0 aliphatic carbocycles. The number of imidazole rings is 1. The maximum absolute atomic E-state index is 12.8. The summed E-state index contributed by atoms with van der Waals surface area (Å²) in [6.07, 6.45) is 4.89. The molecular formula is C25H22N2O5S. The van der Waals surface area contributed by atoms with Crippen molar-refractivity contribution >= 4 is 23.2 Å². The molecule has 4 rings (SSSR count). The first-order chi connectivity index (χ1) is 16.0. The molecular weight excluding hydrogens is 440 g/mol. The van der Waals surface area contributed by atoms with E-state index in [4.69, 9.17) is 14.2 Å². The van der Waals surface area contributed by atoms with Crippen LogP contribution in [0.5, 0.6) is 17.2 Å². The molecule has 0 atom stereocenters. The van der Waals surface area contributed by atoms with Crippen molar-refractivity contribution in [1.82, 2.24) is 9.55 Å². The first-order valence-electron chi connectivity index (χ1n) is 10.0. The predicted octanol–water partition coefficient (Wildman–Crippen LogP) is 4.82. The van der Waals surface area contributed by atoms with Crippen LogP contribution in [0.25, 0.3) is 22.3 Å². The number of methoxy groups -OCH3 is 3. The molecule has 0 fully saturated rings. The minimum Gasteiger partial charge on any atom is -0.493 e. The average Bonchev–Trinajstić information content (AvgIpc) is 3.51. The Balaban J connectivity index is 1.60. The van der Waals surface area contributed by atoms with E-state index in [-0.39, 0.29) is 11.5 Å². The number of allylic oxidation sites excluding steroid dienone is 1.